The molecule has 2 rings (SSSR count). The van der Waals surface area contributed by atoms with Crippen molar-refractivity contribution < 1.29 is 31.2 Å². The fourth-order valence-corrected chi connectivity index (χ4v) is 4.63. The summed E-state index contributed by atoms with van der Waals surface area (Å²) in [5.41, 5.74) is -1.09. The van der Waals surface area contributed by atoms with Gasteiger partial charge in [0.25, 0.3) is 0 Å². The Kier molecular flexibility index (Phi) is 9.66. The number of carbonyl (C=O) groups excluding carboxylic acids is 2. The summed E-state index contributed by atoms with van der Waals surface area (Å²) in [4.78, 5) is 27.3. The molecule has 198 valence electrons. The number of nitrogens with zero attached hydrogens (tertiary/aromatic N) is 2. The van der Waals surface area contributed by atoms with Crippen molar-refractivity contribution in [3.63, 3.8) is 0 Å². The number of anilines is 1. The highest BCUT2D eigenvalue weighted by Crippen LogP contribution is 2.36. The van der Waals surface area contributed by atoms with Crippen molar-refractivity contribution in [3.05, 3.63) is 63.6 Å². The predicted octanol–water partition coefficient (Wildman–Crippen LogP) is 4.72. The van der Waals surface area contributed by atoms with Gasteiger partial charge >= 0.3 is 6.18 Å². The van der Waals surface area contributed by atoms with Crippen molar-refractivity contribution in [1.82, 2.24) is 10.2 Å². The molecule has 0 heterocycles. The van der Waals surface area contributed by atoms with Crippen molar-refractivity contribution in [1.29, 1.82) is 0 Å². The van der Waals surface area contributed by atoms with Crippen LogP contribution in [0.2, 0.25) is 10.0 Å². The van der Waals surface area contributed by atoms with Gasteiger partial charge in [-0.25, -0.2) is 8.42 Å². The molecule has 13 heteroatoms. The van der Waals surface area contributed by atoms with Crippen LogP contribution in [0.25, 0.3) is 0 Å². The molecule has 0 aliphatic carbocycles. The number of hydrogen-bond acceptors (Lipinski definition) is 4. The average molecular weight is 568 g/mol. The Hall–Kier alpha value is -2.50. The summed E-state index contributed by atoms with van der Waals surface area (Å²) in [5, 5.41) is 2.77. The molecule has 1 N–H and O–H groups in total. The van der Waals surface area contributed by atoms with Gasteiger partial charge in [-0.2, -0.15) is 13.2 Å². The molecule has 2 aromatic carbocycles. The SMILES string of the molecule is CC(C)NC(=O)[C@H](C)N(Cc1cccc(Cl)c1)C(=O)CN(c1cc(C(F)(F)F)ccc1Cl)S(C)(=O)=O. The standard InChI is InChI=1S/C23H26Cl2F3N3O4S/c1-14(2)29-22(33)15(3)30(12-16-6-5-7-18(24)10-16)21(32)13-31(36(4,34)35)20-11-17(23(26,27)28)8-9-19(20)25/h5-11,14-15H,12-13H2,1-4H3,(H,29,33)/t15-/m0/s1. The van der Waals surface area contributed by atoms with Gasteiger partial charge in [-0.15, -0.1) is 0 Å². The molecule has 0 aromatic heterocycles. The van der Waals surface area contributed by atoms with Crippen molar-refractivity contribution in [2.24, 2.45) is 0 Å². The lowest BCUT2D eigenvalue weighted by molar-refractivity contribution is -0.139. The van der Waals surface area contributed by atoms with E-state index in [9.17, 15) is 31.2 Å². The minimum atomic E-state index is -4.77. The third-order valence-electron chi connectivity index (χ3n) is 5.06. The monoisotopic (exact) mass is 567 g/mol. The van der Waals surface area contributed by atoms with E-state index in [1.807, 2.05) is 0 Å². The first-order valence-corrected chi connectivity index (χ1v) is 13.3. The molecule has 0 fully saturated rings. The van der Waals surface area contributed by atoms with Crippen LogP contribution in [0.4, 0.5) is 18.9 Å². The molecule has 0 aliphatic rings. The average Bonchev–Trinajstić information content (AvgIpc) is 2.73. The molecular formula is C23H26Cl2F3N3O4S. The van der Waals surface area contributed by atoms with Gasteiger partial charge in [0.1, 0.15) is 12.6 Å². The van der Waals surface area contributed by atoms with Crippen LogP contribution in [0.3, 0.4) is 0 Å². The highest BCUT2D eigenvalue weighted by atomic mass is 35.5. The summed E-state index contributed by atoms with van der Waals surface area (Å²) in [6, 6.07) is 7.40. The van der Waals surface area contributed by atoms with Crippen LogP contribution in [0.1, 0.15) is 31.9 Å². The normalized spacial score (nSPS) is 12.8. The van der Waals surface area contributed by atoms with E-state index in [0.29, 0.717) is 27.0 Å². The number of halogens is 5. The predicted molar refractivity (Wildman–Crippen MR) is 133 cm³/mol. The Balaban J connectivity index is 2.50. The second-order valence-electron chi connectivity index (χ2n) is 8.42. The molecule has 0 saturated heterocycles. The Morgan fingerprint density at radius 1 is 1.06 bits per heavy atom. The van der Waals surface area contributed by atoms with Gasteiger partial charge < -0.3 is 10.2 Å². The van der Waals surface area contributed by atoms with Crippen LogP contribution in [-0.2, 0) is 32.3 Å². The van der Waals surface area contributed by atoms with Crippen molar-refractivity contribution in [2.75, 3.05) is 17.1 Å². The number of alkyl halides is 3. The minimum Gasteiger partial charge on any atom is -0.352 e. The van der Waals surface area contributed by atoms with Gasteiger partial charge in [-0.05, 0) is 56.7 Å². The number of benzene rings is 2. The maximum atomic E-state index is 13.4. The first kappa shape index (κ1) is 29.7. The molecule has 0 radical (unpaired) electrons. The van der Waals surface area contributed by atoms with Crippen molar-refractivity contribution >= 4 is 50.7 Å². The molecule has 36 heavy (non-hydrogen) atoms. The lowest BCUT2D eigenvalue weighted by Crippen LogP contribution is -2.52. The van der Waals surface area contributed by atoms with Crippen molar-refractivity contribution in [2.45, 2.75) is 45.6 Å². The Labute approximate surface area is 218 Å². The smallest absolute Gasteiger partial charge is 0.352 e. The summed E-state index contributed by atoms with van der Waals surface area (Å²) in [6.07, 6.45) is -4.03. The van der Waals surface area contributed by atoms with Crippen LogP contribution < -0.4 is 9.62 Å². The first-order valence-electron chi connectivity index (χ1n) is 10.7. The third-order valence-corrected chi connectivity index (χ3v) is 6.74. The Morgan fingerprint density at radius 2 is 1.69 bits per heavy atom. The molecule has 0 unspecified atom stereocenters. The number of hydrogen-bond donors (Lipinski definition) is 1. The van der Waals surface area contributed by atoms with E-state index < -0.39 is 51.9 Å². The van der Waals surface area contributed by atoms with E-state index in [-0.39, 0.29) is 17.6 Å². The number of sulfonamides is 1. The van der Waals surface area contributed by atoms with Crippen LogP contribution in [0.15, 0.2) is 42.5 Å². The molecule has 2 amide bonds. The van der Waals surface area contributed by atoms with E-state index in [0.717, 1.165) is 17.2 Å². The first-order chi connectivity index (χ1) is 16.5. The molecule has 7 nitrogen and oxygen atoms in total. The third kappa shape index (κ3) is 8.01. The van der Waals surface area contributed by atoms with Crippen LogP contribution in [0, 0.1) is 0 Å². The molecule has 0 bridgehead atoms. The second kappa shape index (κ2) is 11.7. The second-order valence-corrected chi connectivity index (χ2v) is 11.2. The van der Waals surface area contributed by atoms with Crippen LogP contribution >= 0.6 is 23.2 Å². The molecule has 0 aliphatic heterocycles. The maximum absolute atomic E-state index is 13.4. The summed E-state index contributed by atoms with van der Waals surface area (Å²) in [5.74, 6) is -1.33. The number of rotatable bonds is 9. The lowest BCUT2D eigenvalue weighted by atomic mass is 10.1. The quantitative estimate of drug-likeness (QED) is 0.475. The number of carbonyl (C=O) groups is 2. The van der Waals surface area contributed by atoms with Gasteiger partial charge in [0, 0.05) is 17.6 Å². The zero-order valence-electron chi connectivity index (χ0n) is 19.9. The van der Waals surface area contributed by atoms with E-state index in [1.165, 1.54) is 6.92 Å². The lowest BCUT2D eigenvalue weighted by Gasteiger charge is -2.32. The summed E-state index contributed by atoms with van der Waals surface area (Å²) >= 11 is 12.1. The largest absolute Gasteiger partial charge is 0.416 e. The van der Waals surface area contributed by atoms with Crippen LogP contribution in [-0.4, -0.2) is 50.0 Å². The summed E-state index contributed by atoms with van der Waals surface area (Å²) < 4.78 is 65.5. The molecule has 0 saturated carbocycles. The molecule has 2 aromatic rings. The number of nitrogens with one attached hydrogen (secondary N) is 1. The number of amides is 2. The zero-order chi connectivity index (χ0) is 27.4. The van der Waals surface area contributed by atoms with Gasteiger partial charge in [0.05, 0.1) is 22.5 Å². The summed E-state index contributed by atoms with van der Waals surface area (Å²) in [6.45, 7) is 3.92. The summed E-state index contributed by atoms with van der Waals surface area (Å²) in [7, 11) is -4.26. The fraction of sp³-hybridized carbons (Fsp3) is 0.391. The van der Waals surface area contributed by atoms with Gasteiger partial charge in [0.15, 0.2) is 0 Å². The van der Waals surface area contributed by atoms with Gasteiger partial charge in [-0.1, -0.05) is 35.3 Å². The van der Waals surface area contributed by atoms with Gasteiger partial charge in [-0.3, -0.25) is 13.9 Å². The highest BCUT2D eigenvalue weighted by molar-refractivity contribution is 7.92. The zero-order valence-corrected chi connectivity index (χ0v) is 22.3. The molecule has 1 atom stereocenters. The van der Waals surface area contributed by atoms with Crippen LogP contribution in [0.5, 0.6) is 0 Å². The van der Waals surface area contributed by atoms with E-state index in [2.05, 4.69) is 5.32 Å². The van der Waals surface area contributed by atoms with Gasteiger partial charge in [0.2, 0.25) is 21.8 Å². The Bertz CT molecular complexity index is 1220. The highest BCUT2D eigenvalue weighted by Gasteiger charge is 2.34. The van der Waals surface area contributed by atoms with E-state index >= 15 is 0 Å². The van der Waals surface area contributed by atoms with E-state index in [1.54, 1.807) is 38.1 Å². The molecule has 0 spiro atoms. The minimum absolute atomic E-state index is 0.111. The fourth-order valence-electron chi connectivity index (χ4n) is 3.29. The Morgan fingerprint density at radius 3 is 2.22 bits per heavy atom. The molecular weight excluding hydrogens is 542 g/mol. The maximum Gasteiger partial charge on any atom is 0.416 e. The van der Waals surface area contributed by atoms with E-state index in [4.69, 9.17) is 23.2 Å². The topological polar surface area (TPSA) is 86.8 Å². The van der Waals surface area contributed by atoms with Crippen molar-refractivity contribution in [3.8, 4) is 0 Å².